The number of para-hydroxylation sites is 1. The molecule has 3 nitrogen and oxygen atoms in total. The fourth-order valence-electron chi connectivity index (χ4n) is 1.62. The standard InChI is InChI=1S/C13H5F8NO2/c14-8(11(15,16)12(17,18)13(19,20)21)5-9-22-7-4-2-1-3-6(7)10(23)24-9/h1-5H/b8-5-. The first-order valence-corrected chi connectivity index (χ1v) is 5.98. The van der Waals surface area contributed by atoms with Crippen LogP contribution in [-0.4, -0.2) is 23.0 Å². The summed E-state index contributed by atoms with van der Waals surface area (Å²) in [6, 6.07) is 5.19. The molecular weight excluding hydrogens is 354 g/mol. The van der Waals surface area contributed by atoms with Gasteiger partial charge in [0.2, 0.25) is 5.89 Å². The highest BCUT2D eigenvalue weighted by Gasteiger charge is 2.75. The van der Waals surface area contributed by atoms with Crippen LogP contribution in [0, 0.1) is 0 Å². The van der Waals surface area contributed by atoms with Crippen molar-refractivity contribution in [1.29, 1.82) is 0 Å². The summed E-state index contributed by atoms with van der Waals surface area (Å²) in [5.74, 6) is -17.2. The maximum atomic E-state index is 13.4. The van der Waals surface area contributed by atoms with Crippen LogP contribution in [0.25, 0.3) is 17.0 Å². The van der Waals surface area contributed by atoms with Gasteiger partial charge in [-0.2, -0.15) is 30.7 Å². The Morgan fingerprint density at radius 1 is 1.04 bits per heavy atom. The fourth-order valence-corrected chi connectivity index (χ4v) is 1.62. The molecule has 0 spiro atoms. The number of alkyl halides is 7. The summed E-state index contributed by atoms with van der Waals surface area (Å²) in [4.78, 5) is 14.9. The van der Waals surface area contributed by atoms with Crippen molar-refractivity contribution in [1.82, 2.24) is 4.98 Å². The molecule has 0 radical (unpaired) electrons. The highest BCUT2D eigenvalue weighted by molar-refractivity contribution is 5.77. The van der Waals surface area contributed by atoms with Crippen LogP contribution < -0.4 is 5.63 Å². The lowest BCUT2D eigenvalue weighted by atomic mass is 10.1. The van der Waals surface area contributed by atoms with Crippen molar-refractivity contribution in [3.05, 3.63) is 46.4 Å². The van der Waals surface area contributed by atoms with E-state index >= 15 is 0 Å². The first-order chi connectivity index (χ1) is 10.9. The van der Waals surface area contributed by atoms with Gasteiger partial charge in [0, 0.05) is 6.08 Å². The van der Waals surface area contributed by atoms with E-state index in [1.807, 2.05) is 0 Å². The van der Waals surface area contributed by atoms with Crippen LogP contribution in [0.1, 0.15) is 5.89 Å². The molecule has 0 atom stereocenters. The van der Waals surface area contributed by atoms with Gasteiger partial charge in [-0.3, -0.25) is 0 Å². The molecule has 0 fully saturated rings. The summed E-state index contributed by atoms with van der Waals surface area (Å²) >= 11 is 0. The second-order valence-electron chi connectivity index (χ2n) is 4.50. The summed E-state index contributed by atoms with van der Waals surface area (Å²) in [6.07, 6.45) is -7.19. The number of allylic oxidation sites excluding steroid dienone is 1. The number of hydrogen-bond acceptors (Lipinski definition) is 3. The number of fused-ring (bicyclic) bond motifs is 1. The van der Waals surface area contributed by atoms with E-state index in [4.69, 9.17) is 0 Å². The number of nitrogens with zero attached hydrogens (tertiary/aromatic N) is 1. The zero-order valence-corrected chi connectivity index (χ0v) is 11.2. The van der Waals surface area contributed by atoms with Crippen LogP contribution in [0.2, 0.25) is 0 Å². The molecule has 1 aromatic carbocycles. The van der Waals surface area contributed by atoms with Crippen molar-refractivity contribution < 1.29 is 39.5 Å². The molecular formula is C13H5F8NO2. The lowest BCUT2D eigenvalue weighted by molar-refractivity contribution is -0.347. The van der Waals surface area contributed by atoms with Gasteiger partial charge in [-0.15, -0.1) is 0 Å². The van der Waals surface area contributed by atoms with Gasteiger partial charge >= 0.3 is 23.6 Å². The fraction of sp³-hybridized carbons (Fsp3) is 0.231. The van der Waals surface area contributed by atoms with Gasteiger partial charge in [-0.05, 0) is 12.1 Å². The molecule has 0 aliphatic carbocycles. The number of halogens is 8. The van der Waals surface area contributed by atoms with E-state index in [1.165, 1.54) is 24.3 Å². The van der Waals surface area contributed by atoms with Crippen molar-refractivity contribution in [3.8, 4) is 0 Å². The maximum absolute atomic E-state index is 13.4. The van der Waals surface area contributed by atoms with Crippen molar-refractivity contribution in [2.75, 3.05) is 0 Å². The third kappa shape index (κ3) is 2.85. The molecule has 1 aromatic heterocycles. The van der Waals surface area contributed by atoms with E-state index in [0.29, 0.717) is 0 Å². The van der Waals surface area contributed by atoms with Gasteiger partial charge in [0.05, 0.1) is 10.9 Å². The number of benzene rings is 1. The lowest BCUT2D eigenvalue weighted by Gasteiger charge is -2.26. The van der Waals surface area contributed by atoms with Gasteiger partial charge in [0.1, 0.15) is 0 Å². The van der Waals surface area contributed by atoms with E-state index < -0.39 is 41.4 Å². The average molecular weight is 359 g/mol. The van der Waals surface area contributed by atoms with Crippen LogP contribution in [-0.2, 0) is 0 Å². The summed E-state index contributed by atoms with van der Waals surface area (Å²) in [5.41, 5.74) is -1.32. The Hall–Kier alpha value is -2.46. The van der Waals surface area contributed by atoms with E-state index in [9.17, 15) is 39.9 Å². The van der Waals surface area contributed by atoms with Crippen molar-refractivity contribution >= 4 is 17.0 Å². The van der Waals surface area contributed by atoms with Crippen LogP contribution in [0.5, 0.6) is 0 Å². The van der Waals surface area contributed by atoms with Crippen molar-refractivity contribution in [2.24, 2.45) is 0 Å². The third-order valence-corrected chi connectivity index (χ3v) is 2.85. The summed E-state index contributed by atoms with van der Waals surface area (Å²) in [5, 5.41) is -0.123. The molecule has 1 heterocycles. The first kappa shape index (κ1) is 17.9. The van der Waals surface area contributed by atoms with Gasteiger partial charge in [0.15, 0.2) is 5.83 Å². The quantitative estimate of drug-likeness (QED) is 0.766. The first-order valence-electron chi connectivity index (χ1n) is 5.98. The molecule has 24 heavy (non-hydrogen) atoms. The summed E-state index contributed by atoms with van der Waals surface area (Å²) < 4.78 is 105. The highest BCUT2D eigenvalue weighted by atomic mass is 19.4. The Morgan fingerprint density at radius 2 is 1.62 bits per heavy atom. The zero-order chi connectivity index (χ0) is 18.3. The molecule has 0 bridgehead atoms. The minimum atomic E-state index is -6.70. The molecule has 11 heteroatoms. The van der Waals surface area contributed by atoms with E-state index in [2.05, 4.69) is 9.40 Å². The molecule has 0 N–H and O–H groups in total. The van der Waals surface area contributed by atoms with E-state index in [1.54, 1.807) is 0 Å². The average Bonchev–Trinajstić information content (AvgIpc) is 2.45. The van der Waals surface area contributed by atoms with Gasteiger partial charge in [-0.1, -0.05) is 12.1 Å². The second-order valence-corrected chi connectivity index (χ2v) is 4.50. The minimum Gasteiger partial charge on any atom is -0.404 e. The SMILES string of the molecule is O=c1oc(/C=C(\F)C(F)(F)C(F)(F)C(F)(F)F)nc2ccccc12. The van der Waals surface area contributed by atoms with E-state index in [0.717, 1.165) is 0 Å². The van der Waals surface area contributed by atoms with Crippen molar-refractivity contribution in [2.45, 2.75) is 18.0 Å². The molecule has 0 unspecified atom stereocenters. The molecule has 0 saturated heterocycles. The second kappa shape index (κ2) is 5.56. The lowest BCUT2D eigenvalue weighted by Crippen LogP contribution is -2.52. The Morgan fingerprint density at radius 3 is 2.21 bits per heavy atom. The largest absolute Gasteiger partial charge is 0.460 e. The molecule has 2 aromatic rings. The predicted molar refractivity (Wildman–Crippen MR) is 65.3 cm³/mol. The van der Waals surface area contributed by atoms with Crippen LogP contribution >= 0.6 is 0 Å². The maximum Gasteiger partial charge on any atom is 0.460 e. The smallest absolute Gasteiger partial charge is 0.404 e. The molecule has 0 aliphatic rings. The van der Waals surface area contributed by atoms with Crippen LogP contribution in [0.3, 0.4) is 0 Å². The molecule has 130 valence electrons. The summed E-state index contributed by atoms with van der Waals surface area (Å²) in [7, 11) is 0. The van der Waals surface area contributed by atoms with E-state index in [-0.39, 0.29) is 10.9 Å². The normalized spacial score (nSPS) is 14.2. The zero-order valence-electron chi connectivity index (χ0n) is 11.2. The highest BCUT2D eigenvalue weighted by Crippen LogP contribution is 2.50. The topological polar surface area (TPSA) is 43.1 Å². The van der Waals surface area contributed by atoms with Gasteiger partial charge < -0.3 is 4.42 Å². The Balaban J connectivity index is 2.53. The molecule has 0 saturated carbocycles. The molecule has 0 aliphatic heterocycles. The Labute approximate surface area is 127 Å². The Kier molecular flexibility index (Phi) is 4.15. The number of hydrogen-bond donors (Lipinski definition) is 0. The number of rotatable bonds is 3. The third-order valence-electron chi connectivity index (χ3n) is 2.85. The van der Waals surface area contributed by atoms with Crippen LogP contribution in [0.4, 0.5) is 35.1 Å². The van der Waals surface area contributed by atoms with Gasteiger partial charge in [0.25, 0.3) is 0 Å². The number of aromatic nitrogens is 1. The van der Waals surface area contributed by atoms with Crippen LogP contribution in [0.15, 0.2) is 39.3 Å². The summed E-state index contributed by atoms with van der Waals surface area (Å²) in [6.45, 7) is 0. The van der Waals surface area contributed by atoms with Gasteiger partial charge in [-0.25, -0.2) is 14.2 Å². The van der Waals surface area contributed by atoms with Crippen molar-refractivity contribution in [3.63, 3.8) is 0 Å². The monoisotopic (exact) mass is 359 g/mol. The molecule has 0 amide bonds. The minimum absolute atomic E-state index is 0.123. The predicted octanol–water partition coefficient (Wildman–Crippen LogP) is 4.33. The molecule has 2 rings (SSSR count). The Bertz CT molecular complexity index is 853.